The van der Waals surface area contributed by atoms with Gasteiger partial charge in [-0.3, -0.25) is 4.90 Å². The van der Waals surface area contributed by atoms with E-state index in [9.17, 15) is 8.78 Å². The lowest BCUT2D eigenvalue weighted by Crippen LogP contribution is -2.48. The van der Waals surface area contributed by atoms with Gasteiger partial charge in [-0.15, -0.1) is 12.4 Å². The average Bonchev–Trinajstić information content (AvgIpc) is 2.36. The predicted octanol–water partition coefficient (Wildman–Crippen LogP) is 3.13. The van der Waals surface area contributed by atoms with Gasteiger partial charge >= 0.3 is 0 Å². The molecular weight excluding hydrogens is 282 g/mol. The van der Waals surface area contributed by atoms with E-state index in [0.717, 1.165) is 39.0 Å². The highest BCUT2D eigenvalue weighted by atomic mass is 35.5. The van der Waals surface area contributed by atoms with Gasteiger partial charge in [-0.25, -0.2) is 8.78 Å². The number of rotatable bonds is 3. The Morgan fingerprint density at radius 3 is 2.20 bits per heavy atom. The maximum atomic E-state index is 14.1. The fourth-order valence-corrected chi connectivity index (χ4v) is 3.23. The summed E-state index contributed by atoms with van der Waals surface area (Å²) in [5.74, 6) is -0.379. The van der Waals surface area contributed by atoms with Crippen molar-refractivity contribution in [1.82, 2.24) is 10.2 Å². The first kappa shape index (κ1) is 15.7. The average molecular weight is 303 g/mol. The molecule has 1 atom stereocenters. The molecule has 0 unspecified atom stereocenters. The highest BCUT2D eigenvalue weighted by molar-refractivity contribution is 5.85. The Balaban J connectivity index is 0.00000147. The zero-order valence-corrected chi connectivity index (χ0v) is 12.3. The fourth-order valence-electron chi connectivity index (χ4n) is 3.23. The van der Waals surface area contributed by atoms with Crippen LogP contribution in [0.25, 0.3) is 0 Å². The normalized spacial score (nSPS) is 21.9. The molecular formula is C15H21ClF2N2. The fraction of sp³-hybridized carbons (Fsp3) is 0.600. The van der Waals surface area contributed by atoms with Gasteiger partial charge in [-0.1, -0.05) is 12.5 Å². The number of hydrogen-bond acceptors (Lipinski definition) is 2. The zero-order valence-electron chi connectivity index (χ0n) is 11.4. The summed E-state index contributed by atoms with van der Waals surface area (Å²) < 4.78 is 28.2. The van der Waals surface area contributed by atoms with E-state index in [1.54, 1.807) is 0 Å². The summed E-state index contributed by atoms with van der Waals surface area (Å²) in [5.41, 5.74) is 0.286. The molecule has 1 aliphatic heterocycles. The Morgan fingerprint density at radius 2 is 1.70 bits per heavy atom. The van der Waals surface area contributed by atoms with E-state index in [1.807, 2.05) is 0 Å². The first-order valence-electron chi connectivity index (χ1n) is 7.16. The van der Waals surface area contributed by atoms with Crippen LogP contribution in [0.5, 0.6) is 0 Å². The second-order valence-corrected chi connectivity index (χ2v) is 5.56. The molecule has 1 saturated heterocycles. The largest absolute Gasteiger partial charge is 0.314 e. The minimum atomic E-state index is -0.393. The van der Waals surface area contributed by atoms with E-state index in [1.165, 1.54) is 24.6 Å². The highest BCUT2D eigenvalue weighted by Crippen LogP contribution is 2.43. The number of halogens is 3. The summed E-state index contributed by atoms with van der Waals surface area (Å²) in [6.45, 7) is 3.54. The van der Waals surface area contributed by atoms with Crippen LogP contribution in [0.3, 0.4) is 0 Å². The highest BCUT2D eigenvalue weighted by Gasteiger charge is 2.36. The lowest BCUT2D eigenvalue weighted by atomic mass is 9.76. The monoisotopic (exact) mass is 302 g/mol. The zero-order chi connectivity index (χ0) is 13.2. The Kier molecular flexibility index (Phi) is 5.35. The Hall–Kier alpha value is -0.710. The van der Waals surface area contributed by atoms with Crippen LogP contribution >= 0.6 is 12.4 Å². The van der Waals surface area contributed by atoms with Crippen LogP contribution in [0.2, 0.25) is 0 Å². The summed E-state index contributed by atoms with van der Waals surface area (Å²) in [7, 11) is 0. The first-order valence-corrected chi connectivity index (χ1v) is 7.16. The number of piperazine rings is 1. The van der Waals surface area contributed by atoms with Crippen LogP contribution < -0.4 is 5.32 Å². The van der Waals surface area contributed by atoms with Gasteiger partial charge in [-0.2, -0.15) is 0 Å². The van der Waals surface area contributed by atoms with Crippen LogP contribution in [0, 0.1) is 17.6 Å². The van der Waals surface area contributed by atoms with Crippen molar-refractivity contribution in [3.05, 3.63) is 35.4 Å². The summed E-state index contributed by atoms with van der Waals surface area (Å²) in [6.07, 6.45) is 3.36. The Labute approximate surface area is 124 Å². The van der Waals surface area contributed by atoms with Crippen LogP contribution in [-0.2, 0) is 0 Å². The third-order valence-corrected chi connectivity index (χ3v) is 4.44. The minimum absolute atomic E-state index is 0. The van der Waals surface area contributed by atoms with Crippen molar-refractivity contribution < 1.29 is 8.78 Å². The number of nitrogens with zero attached hydrogens (tertiary/aromatic N) is 1. The summed E-state index contributed by atoms with van der Waals surface area (Å²) in [5, 5.41) is 3.30. The van der Waals surface area contributed by atoms with Crippen LogP contribution in [0.1, 0.15) is 30.9 Å². The van der Waals surface area contributed by atoms with Crippen molar-refractivity contribution in [2.75, 3.05) is 26.2 Å². The second kappa shape index (κ2) is 6.83. The van der Waals surface area contributed by atoms with Gasteiger partial charge in [-0.05, 0) is 30.9 Å². The molecule has 3 rings (SSSR count). The molecule has 2 fully saturated rings. The quantitative estimate of drug-likeness (QED) is 0.923. The van der Waals surface area contributed by atoms with Crippen molar-refractivity contribution in [2.45, 2.75) is 25.3 Å². The minimum Gasteiger partial charge on any atom is -0.314 e. The molecule has 112 valence electrons. The van der Waals surface area contributed by atoms with E-state index >= 15 is 0 Å². The molecule has 1 saturated carbocycles. The summed E-state index contributed by atoms with van der Waals surface area (Å²) in [6, 6.07) is 4.12. The van der Waals surface area contributed by atoms with Crippen molar-refractivity contribution in [3.63, 3.8) is 0 Å². The van der Waals surface area contributed by atoms with E-state index in [-0.39, 0.29) is 24.0 Å². The molecule has 1 heterocycles. The standard InChI is InChI=1S/C15H20F2N2.ClH/c16-12-5-2-6-13(17)14(12)15(11-3-1-4-11)19-9-7-18-8-10-19;/h2,5-6,11,15,18H,1,3-4,7-10H2;1H/t15-;/m1./s1. The van der Waals surface area contributed by atoms with E-state index in [0.29, 0.717) is 5.92 Å². The summed E-state index contributed by atoms with van der Waals surface area (Å²) in [4.78, 5) is 2.25. The van der Waals surface area contributed by atoms with Gasteiger partial charge < -0.3 is 5.32 Å². The maximum absolute atomic E-state index is 14.1. The molecule has 1 N–H and O–H groups in total. The molecule has 1 aliphatic carbocycles. The maximum Gasteiger partial charge on any atom is 0.130 e. The third-order valence-electron chi connectivity index (χ3n) is 4.44. The van der Waals surface area contributed by atoms with Crippen LogP contribution in [-0.4, -0.2) is 31.1 Å². The molecule has 5 heteroatoms. The van der Waals surface area contributed by atoms with Crippen LogP contribution in [0.15, 0.2) is 18.2 Å². The number of benzene rings is 1. The second-order valence-electron chi connectivity index (χ2n) is 5.56. The van der Waals surface area contributed by atoms with Gasteiger partial charge in [0.1, 0.15) is 11.6 Å². The Bertz CT molecular complexity index is 425. The third kappa shape index (κ3) is 2.97. The van der Waals surface area contributed by atoms with E-state index in [2.05, 4.69) is 10.2 Å². The van der Waals surface area contributed by atoms with Gasteiger partial charge in [0.25, 0.3) is 0 Å². The van der Waals surface area contributed by atoms with Gasteiger partial charge in [0, 0.05) is 37.8 Å². The lowest BCUT2D eigenvalue weighted by Gasteiger charge is -2.43. The van der Waals surface area contributed by atoms with Crippen LogP contribution in [0.4, 0.5) is 8.78 Å². The van der Waals surface area contributed by atoms with Gasteiger partial charge in [0.05, 0.1) is 0 Å². The Morgan fingerprint density at radius 1 is 1.10 bits per heavy atom. The molecule has 0 bridgehead atoms. The van der Waals surface area contributed by atoms with E-state index in [4.69, 9.17) is 0 Å². The predicted molar refractivity (Wildman–Crippen MR) is 78.1 cm³/mol. The van der Waals surface area contributed by atoms with Crippen molar-refractivity contribution in [3.8, 4) is 0 Å². The number of nitrogens with one attached hydrogen (secondary N) is 1. The smallest absolute Gasteiger partial charge is 0.130 e. The number of hydrogen-bond donors (Lipinski definition) is 1. The molecule has 1 aromatic rings. The molecule has 2 aliphatic rings. The van der Waals surface area contributed by atoms with Crippen molar-refractivity contribution >= 4 is 12.4 Å². The van der Waals surface area contributed by atoms with E-state index < -0.39 is 11.6 Å². The first-order chi connectivity index (χ1) is 9.27. The molecule has 1 aromatic carbocycles. The molecule has 0 radical (unpaired) electrons. The van der Waals surface area contributed by atoms with Gasteiger partial charge in [0.15, 0.2) is 0 Å². The lowest BCUT2D eigenvalue weighted by molar-refractivity contribution is 0.0784. The molecule has 20 heavy (non-hydrogen) atoms. The molecule has 0 aromatic heterocycles. The van der Waals surface area contributed by atoms with Gasteiger partial charge in [0.2, 0.25) is 0 Å². The molecule has 0 amide bonds. The topological polar surface area (TPSA) is 15.3 Å². The SMILES string of the molecule is Cl.Fc1cccc(F)c1[C@@H](C1CCC1)N1CCNCC1. The summed E-state index contributed by atoms with van der Waals surface area (Å²) >= 11 is 0. The molecule has 2 nitrogen and oxygen atoms in total. The molecule has 0 spiro atoms. The van der Waals surface area contributed by atoms with Crippen molar-refractivity contribution in [2.24, 2.45) is 5.92 Å². The van der Waals surface area contributed by atoms with Crippen molar-refractivity contribution in [1.29, 1.82) is 0 Å².